The SMILES string of the molecule is C.COc1cccc(Cc2cc(F)ccc2OC(=S)N(C)C)c1. The van der Waals surface area contributed by atoms with Crippen LogP contribution in [0.2, 0.25) is 0 Å². The Hall–Kier alpha value is -2.14. The van der Waals surface area contributed by atoms with E-state index in [4.69, 9.17) is 21.7 Å². The predicted molar refractivity (Wildman–Crippen MR) is 95.8 cm³/mol. The van der Waals surface area contributed by atoms with Crippen molar-refractivity contribution in [1.29, 1.82) is 0 Å². The van der Waals surface area contributed by atoms with Crippen molar-refractivity contribution >= 4 is 17.4 Å². The first-order valence-electron chi connectivity index (χ1n) is 6.80. The Balaban J connectivity index is 0.00000264. The van der Waals surface area contributed by atoms with Crippen molar-refractivity contribution < 1.29 is 13.9 Å². The van der Waals surface area contributed by atoms with Crippen LogP contribution in [0.25, 0.3) is 0 Å². The van der Waals surface area contributed by atoms with Gasteiger partial charge in [0.2, 0.25) is 0 Å². The van der Waals surface area contributed by atoms with Crippen LogP contribution in [0, 0.1) is 5.82 Å². The van der Waals surface area contributed by atoms with Gasteiger partial charge in [-0.15, -0.1) is 0 Å². The van der Waals surface area contributed by atoms with Gasteiger partial charge in [0.15, 0.2) is 0 Å². The van der Waals surface area contributed by atoms with Gasteiger partial charge in [0.1, 0.15) is 17.3 Å². The molecule has 0 aromatic heterocycles. The minimum atomic E-state index is -0.305. The number of hydrogen-bond donors (Lipinski definition) is 0. The number of benzene rings is 2. The Bertz CT molecular complexity index is 674. The highest BCUT2D eigenvalue weighted by Gasteiger charge is 2.10. The number of hydrogen-bond acceptors (Lipinski definition) is 3. The van der Waals surface area contributed by atoms with Gasteiger partial charge in [-0.2, -0.15) is 0 Å². The molecular weight excluding hydrogens is 313 g/mol. The maximum atomic E-state index is 13.6. The Morgan fingerprint density at radius 1 is 1.17 bits per heavy atom. The van der Waals surface area contributed by atoms with E-state index in [1.165, 1.54) is 12.1 Å². The molecule has 2 aromatic rings. The predicted octanol–water partition coefficient (Wildman–Crippen LogP) is 4.29. The first-order valence-corrected chi connectivity index (χ1v) is 7.21. The molecule has 0 fully saturated rings. The minimum absolute atomic E-state index is 0. The van der Waals surface area contributed by atoms with Gasteiger partial charge in [0.25, 0.3) is 5.17 Å². The van der Waals surface area contributed by atoms with Gasteiger partial charge in [-0.1, -0.05) is 19.6 Å². The van der Waals surface area contributed by atoms with Gasteiger partial charge in [0.05, 0.1) is 7.11 Å². The number of nitrogens with zero attached hydrogens (tertiary/aromatic N) is 1. The van der Waals surface area contributed by atoms with Crippen molar-refractivity contribution in [2.45, 2.75) is 13.8 Å². The fourth-order valence-corrected chi connectivity index (χ4v) is 2.06. The van der Waals surface area contributed by atoms with E-state index in [2.05, 4.69) is 0 Å². The molecule has 0 N–H and O–H groups in total. The molecule has 3 nitrogen and oxygen atoms in total. The third-order valence-corrected chi connectivity index (χ3v) is 3.56. The second kappa shape index (κ2) is 8.48. The van der Waals surface area contributed by atoms with E-state index < -0.39 is 0 Å². The van der Waals surface area contributed by atoms with Crippen molar-refractivity contribution in [2.24, 2.45) is 0 Å². The molecule has 2 rings (SSSR count). The molecule has 0 radical (unpaired) electrons. The second-order valence-electron chi connectivity index (χ2n) is 5.04. The van der Waals surface area contributed by atoms with Crippen LogP contribution in [0.3, 0.4) is 0 Å². The summed E-state index contributed by atoms with van der Waals surface area (Å²) in [6.07, 6.45) is 0.528. The van der Waals surface area contributed by atoms with E-state index in [0.717, 1.165) is 16.9 Å². The summed E-state index contributed by atoms with van der Waals surface area (Å²) in [5, 5.41) is 0.332. The first kappa shape index (κ1) is 18.9. The maximum absolute atomic E-state index is 13.6. The fourth-order valence-electron chi connectivity index (χ4n) is 1.97. The van der Waals surface area contributed by atoms with E-state index in [1.54, 1.807) is 32.2 Å². The zero-order valence-corrected chi connectivity index (χ0v) is 13.6. The van der Waals surface area contributed by atoms with Crippen molar-refractivity contribution in [3.8, 4) is 11.5 Å². The molecule has 0 unspecified atom stereocenters. The maximum Gasteiger partial charge on any atom is 0.264 e. The average molecular weight is 335 g/mol. The van der Waals surface area contributed by atoms with Crippen LogP contribution < -0.4 is 9.47 Å². The van der Waals surface area contributed by atoms with Crippen LogP contribution >= 0.6 is 12.2 Å². The van der Waals surface area contributed by atoms with Crippen molar-refractivity contribution in [2.75, 3.05) is 21.2 Å². The van der Waals surface area contributed by atoms with Gasteiger partial charge in [-0.25, -0.2) is 4.39 Å². The zero-order valence-electron chi connectivity index (χ0n) is 12.8. The van der Waals surface area contributed by atoms with Crippen LogP contribution in [0.5, 0.6) is 11.5 Å². The van der Waals surface area contributed by atoms with Gasteiger partial charge >= 0.3 is 0 Å². The summed E-state index contributed by atoms with van der Waals surface area (Å²) < 4.78 is 24.4. The van der Waals surface area contributed by atoms with Gasteiger partial charge < -0.3 is 14.4 Å². The summed E-state index contributed by atoms with van der Waals surface area (Å²) >= 11 is 5.15. The lowest BCUT2D eigenvalue weighted by Gasteiger charge is -2.16. The van der Waals surface area contributed by atoms with Crippen LogP contribution in [-0.4, -0.2) is 31.3 Å². The molecule has 0 bridgehead atoms. The van der Waals surface area contributed by atoms with Crippen molar-refractivity contribution in [1.82, 2.24) is 4.90 Å². The lowest BCUT2D eigenvalue weighted by Crippen LogP contribution is -2.25. The number of thiocarbonyl (C=S) groups is 1. The highest BCUT2D eigenvalue weighted by Crippen LogP contribution is 2.25. The molecule has 0 atom stereocenters. The third kappa shape index (κ3) is 5.21. The highest BCUT2D eigenvalue weighted by molar-refractivity contribution is 7.80. The number of halogens is 1. The molecule has 0 spiro atoms. The lowest BCUT2D eigenvalue weighted by atomic mass is 10.0. The Morgan fingerprint density at radius 2 is 1.91 bits per heavy atom. The van der Waals surface area contributed by atoms with E-state index in [9.17, 15) is 4.39 Å². The first-order chi connectivity index (χ1) is 10.5. The van der Waals surface area contributed by atoms with Crippen LogP contribution in [0.15, 0.2) is 42.5 Å². The number of rotatable bonds is 4. The molecular formula is C18H22FNO2S. The summed E-state index contributed by atoms with van der Waals surface area (Å²) in [6.45, 7) is 0. The fraction of sp³-hybridized carbons (Fsp3) is 0.278. The molecule has 0 saturated carbocycles. The molecule has 0 saturated heterocycles. The zero-order chi connectivity index (χ0) is 16.1. The summed E-state index contributed by atoms with van der Waals surface area (Å²) in [5.41, 5.74) is 1.74. The molecule has 2 aromatic carbocycles. The van der Waals surface area contributed by atoms with E-state index in [-0.39, 0.29) is 13.2 Å². The Labute approximate surface area is 142 Å². The highest BCUT2D eigenvalue weighted by atomic mass is 32.1. The number of ether oxygens (including phenoxy) is 2. The van der Waals surface area contributed by atoms with Crippen LogP contribution in [-0.2, 0) is 6.42 Å². The number of methoxy groups -OCH3 is 1. The topological polar surface area (TPSA) is 21.7 Å². The molecule has 0 amide bonds. The van der Waals surface area contributed by atoms with Crippen molar-refractivity contribution in [3.05, 3.63) is 59.4 Å². The normalized spacial score (nSPS) is 9.74. The van der Waals surface area contributed by atoms with E-state index in [1.807, 2.05) is 24.3 Å². The third-order valence-electron chi connectivity index (χ3n) is 3.11. The van der Waals surface area contributed by atoms with E-state index >= 15 is 0 Å². The Morgan fingerprint density at radius 3 is 2.57 bits per heavy atom. The smallest absolute Gasteiger partial charge is 0.264 e. The lowest BCUT2D eigenvalue weighted by molar-refractivity contribution is 0.414. The van der Waals surface area contributed by atoms with E-state index in [0.29, 0.717) is 17.3 Å². The summed E-state index contributed by atoms with van der Waals surface area (Å²) in [6, 6.07) is 12.1. The quantitative estimate of drug-likeness (QED) is 0.777. The standard InChI is InChI=1S/C17H18FNO2S.CH4/c1-19(2)17(22)21-16-8-7-14(18)11-13(16)9-12-5-4-6-15(10-12)20-3;/h4-8,10-11H,9H2,1-3H3;1H4. The Kier molecular flexibility index (Phi) is 6.97. The monoisotopic (exact) mass is 335 g/mol. The summed E-state index contributed by atoms with van der Waals surface area (Å²) in [7, 11) is 5.21. The van der Waals surface area contributed by atoms with Gasteiger partial charge in [0, 0.05) is 26.1 Å². The second-order valence-corrected chi connectivity index (χ2v) is 5.39. The summed E-state index contributed by atoms with van der Waals surface area (Å²) in [4.78, 5) is 1.69. The largest absolute Gasteiger partial charge is 0.497 e. The molecule has 5 heteroatoms. The van der Waals surface area contributed by atoms with Crippen LogP contribution in [0.4, 0.5) is 4.39 Å². The average Bonchev–Trinajstić information content (AvgIpc) is 2.50. The van der Waals surface area contributed by atoms with Gasteiger partial charge in [-0.05, 0) is 48.1 Å². The molecule has 23 heavy (non-hydrogen) atoms. The van der Waals surface area contributed by atoms with Crippen LogP contribution in [0.1, 0.15) is 18.6 Å². The molecule has 0 aliphatic carbocycles. The van der Waals surface area contributed by atoms with Gasteiger partial charge in [-0.3, -0.25) is 0 Å². The molecule has 0 aliphatic heterocycles. The molecule has 124 valence electrons. The van der Waals surface area contributed by atoms with Crippen molar-refractivity contribution in [3.63, 3.8) is 0 Å². The minimum Gasteiger partial charge on any atom is -0.497 e. The summed E-state index contributed by atoms with van der Waals surface area (Å²) in [5.74, 6) is 1.02. The molecule has 0 heterocycles. The molecule has 0 aliphatic rings.